The van der Waals surface area contributed by atoms with Crippen molar-refractivity contribution in [3.63, 3.8) is 0 Å². The number of likely N-dealkylation sites (tertiary alicyclic amines) is 2. The van der Waals surface area contributed by atoms with Crippen molar-refractivity contribution in [3.8, 4) is 0 Å². The Morgan fingerprint density at radius 3 is 2.88 bits per heavy atom. The molecule has 4 nitrogen and oxygen atoms in total. The Balaban J connectivity index is 1.83. The van der Waals surface area contributed by atoms with Gasteiger partial charge in [-0.25, -0.2) is 0 Å². The number of halogens is 1. The standard InChI is InChI=1S/C19H23ClN2O2/c1-2-11-22-17(23)8-4-9-19(22)10-5-12-21(14-19)18(24)15-6-3-7-16(20)13-15/h2-3,6-7,13H,1,4-5,8-12,14H2/t19-/m1/s1. The van der Waals surface area contributed by atoms with Crippen LogP contribution in [0.1, 0.15) is 42.5 Å². The second-order valence-corrected chi connectivity index (χ2v) is 7.15. The molecule has 2 aliphatic rings. The zero-order valence-corrected chi connectivity index (χ0v) is 14.6. The number of carbonyl (C=O) groups is 2. The molecule has 2 heterocycles. The van der Waals surface area contributed by atoms with Gasteiger partial charge in [-0.15, -0.1) is 6.58 Å². The molecule has 1 aromatic carbocycles. The zero-order chi connectivity index (χ0) is 17.2. The third-order valence-electron chi connectivity index (χ3n) is 5.13. The molecule has 1 atom stereocenters. The van der Waals surface area contributed by atoms with Gasteiger partial charge in [-0.1, -0.05) is 23.7 Å². The third kappa shape index (κ3) is 3.20. The topological polar surface area (TPSA) is 40.6 Å². The fourth-order valence-corrected chi connectivity index (χ4v) is 4.23. The van der Waals surface area contributed by atoms with E-state index < -0.39 is 0 Å². The van der Waals surface area contributed by atoms with E-state index in [9.17, 15) is 9.59 Å². The largest absolute Gasteiger partial charge is 0.336 e. The fraction of sp³-hybridized carbons (Fsp3) is 0.474. The van der Waals surface area contributed by atoms with E-state index in [1.54, 1.807) is 30.3 Å². The molecule has 0 aromatic heterocycles. The van der Waals surface area contributed by atoms with E-state index in [1.165, 1.54) is 0 Å². The maximum Gasteiger partial charge on any atom is 0.253 e. The number of hydrogen-bond donors (Lipinski definition) is 0. The summed E-state index contributed by atoms with van der Waals surface area (Å²) in [5, 5.41) is 0.564. The molecule has 24 heavy (non-hydrogen) atoms. The van der Waals surface area contributed by atoms with E-state index in [0.717, 1.165) is 32.2 Å². The SMILES string of the molecule is C=CCN1C(=O)CCC[C@]12CCCN(C(=O)c1cccc(Cl)c1)C2. The zero-order valence-electron chi connectivity index (χ0n) is 13.8. The number of carbonyl (C=O) groups excluding carboxylic acids is 2. The van der Waals surface area contributed by atoms with Gasteiger partial charge in [-0.2, -0.15) is 0 Å². The van der Waals surface area contributed by atoms with Crippen molar-refractivity contribution in [2.45, 2.75) is 37.6 Å². The summed E-state index contributed by atoms with van der Waals surface area (Å²) in [6.07, 6.45) is 6.08. The van der Waals surface area contributed by atoms with Crippen molar-refractivity contribution in [2.24, 2.45) is 0 Å². The Labute approximate surface area is 148 Å². The molecule has 0 aliphatic carbocycles. The molecule has 1 spiro atoms. The van der Waals surface area contributed by atoms with Gasteiger partial charge in [0.15, 0.2) is 0 Å². The molecule has 5 heteroatoms. The van der Waals surface area contributed by atoms with E-state index in [4.69, 9.17) is 11.6 Å². The van der Waals surface area contributed by atoms with Gasteiger partial charge in [-0.3, -0.25) is 9.59 Å². The van der Waals surface area contributed by atoms with E-state index in [-0.39, 0.29) is 17.4 Å². The van der Waals surface area contributed by atoms with Gasteiger partial charge in [0.1, 0.15) is 0 Å². The van der Waals surface area contributed by atoms with E-state index in [0.29, 0.717) is 30.1 Å². The minimum Gasteiger partial charge on any atom is -0.336 e. The van der Waals surface area contributed by atoms with Crippen molar-refractivity contribution in [2.75, 3.05) is 19.6 Å². The van der Waals surface area contributed by atoms with Crippen molar-refractivity contribution < 1.29 is 9.59 Å². The van der Waals surface area contributed by atoms with Crippen LogP contribution in [0, 0.1) is 0 Å². The lowest BCUT2D eigenvalue weighted by molar-refractivity contribution is -0.143. The molecule has 1 aromatic rings. The number of benzene rings is 1. The lowest BCUT2D eigenvalue weighted by Gasteiger charge is -2.52. The molecule has 2 fully saturated rings. The molecule has 2 aliphatic heterocycles. The van der Waals surface area contributed by atoms with Crippen LogP contribution in [0.4, 0.5) is 0 Å². The van der Waals surface area contributed by atoms with Crippen molar-refractivity contribution in [3.05, 3.63) is 47.5 Å². The second kappa shape index (κ2) is 6.98. The van der Waals surface area contributed by atoms with Gasteiger partial charge in [0.2, 0.25) is 5.91 Å². The number of amides is 2. The van der Waals surface area contributed by atoms with Crippen LogP contribution in [0.25, 0.3) is 0 Å². The summed E-state index contributed by atoms with van der Waals surface area (Å²) in [6.45, 7) is 5.66. The summed E-state index contributed by atoms with van der Waals surface area (Å²) in [6, 6.07) is 7.06. The van der Waals surface area contributed by atoms with Gasteiger partial charge >= 0.3 is 0 Å². The average Bonchev–Trinajstić information content (AvgIpc) is 2.58. The molecule has 2 saturated heterocycles. The molecule has 3 rings (SSSR count). The highest BCUT2D eigenvalue weighted by molar-refractivity contribution is 6.30. The molecule has 0 bridgehead atoms. The van der Waals surface area contributed by atoms with Gasteiger partial charge in [-0.05, 0) is 43.9 Å². The normalized spacial score (nSPS) is 24.3. The van der Waals surface area contributed by atoms with Crippen LogP contribution in [-0.4, -0.2) is 46.8 Å². The predicted molar refractivity (Wildman–Crippen MR) is 95.1 cm³/mol. The highest BCUT2D eigenvalue weighted by Crippen LogP contribution is 2.37. The number of piperidine rings is 2. The van der Waals surface area contributed by atoms with Gasteiger partial charge in [0.25, 0.3) is 5.91 Å². The predicted octanol–water partition coefficient (Wildman–Crippen LogP) is 3.51. The van der Waals surface area contributed by atoms with Crippen LogP contribution < -0.4 is 0 Å². The minimum atomic E-state index is -0.240. The summed E-state index contributed by atoms with van der Waals surface area (Å²) >= 11 is 6.02. The maximum absolute atomic E-state index is 12.9. The summed E-state index contributed by atoms with van der Waals surface area (Å²) in [4.78, 5) is 29.1. The first-order chi connectivity index (χ1) is 11.6. The molecule has 0 radical (unpaired) electrons. The number of nitrogens with zero attached hydrogens (tertiary/aromatic N) is 2. The highest BCUT2D eigenvalue weighted by Gasteiger charge is 2.45. The van der Waals surface area contributed by atoms with Crippen molar-refractivity contribution in [1.29, 1.82) is 0 Å². The first kappa shape index (κ1) is 17.0. The smallest absolute Gasteiger partial charge is 0.253 e. The van der Waals surface area contributed by atoms with Crippen LogP contribution in [0.3, 0.4) is 0 Å². The summed E-state index contributed by atoms with van der Waals surface area (Å²) in [5.41, 5.74) is 0.368. The first-order valence-electron chi connectivity index (χ1n) is 8.52. The Hall–Kier alpha value is -1.81. The number of rotatable bonds is 3. The van der Waals surface area contributed by atoms with Gasteiger partial charge in [0, 0.05) is 36.6 Å². The number of hydrogen-bond acceptors (Lipinski definition) is 2. The van der Waals surface area contributed by atoms with Gasteiger partial charge < -0.3 is 9.80 Å². The van der Waals surface area contributed by atoms with E-state index in [2.05, 4.69) is 6.58 Å². The highest BCUT2D eigenvalue weighted by atomic mass is 35.5. The Kier molecular flexibility index (Phi) is 4.95. The van der Waals surface area contributed by atoms with Crippen molar-refractivity contribution in [1.82, 2.24) is 9.80 Å². The average molecular weight is 347 g/mol. The van der Waals surface area contributed by atoms with Gasteiger partial charge in [0.05, 0.1) is 5.54 Å². The van der Waals surface area contributed by atoms with Crippen LogP contribution in [-0.2, 0) is 4.79 Å². The Morgan fingerprint density at radius 2 is 2.12 bits per heavy atom. The quantitative estimate of drug-likeness (QED) is 0.786. The third-order valence-corrected chi connectivity index (χ3v) is 5.37. The summed E-state index contributed by atoms with van der Waals surface area (Å²) in [7, 11) is 0. The van der Waals surface area contributed by atoms with Crippen LogP contribution in [0.15, 0.2) is 36.9 Å². The lowest BCUT2D eigenvalue weighted by atomic mass is 9.79. The van der Waals surface area contributed by atoms with Crippen LogP contribution >= 0.6 is 11.6 Å². The molecule has 0 saturated carbocycles. The summed E-state index contributed by atoms with van der Waals surface area (Å²) < 4.78 is 0. The van der Waals surface area contributed by atoms with Crippen molar-refractivity contribution >= 4 is 23.4 Å². The van der Waals surface area contributed by atoms with E-state index >= 15 is 0 Å². The summed E-state index contributed by atoms with van der Waals surface area (Å²) in [5.74, 6) is 0.173. The lowest BCUT2D eigenvalue weighted by Crippen LogP contribution is -2.63. The molecular formula is C19H23ClN2O2. The maximum atomic E-state index is 12.9. The Morgan fingerprint density at radius 1 is 1.33 bits per heavy atom. The molecular weight excluding hydrogens is 324 g/mol. The van der Waals surface area contributed by atoms with E-state index in [1.807, 2.05) is 9.80 Å². The molecule has 128 valence electrons. The molecule has 2 amide bonds. The van der Waals surface area contributed by atoms with Crippen LogP contribution in [0.2, 0.25) is 5.02 Å². The minimum absolute atomic E-state index is 0.00634. The fourth-order valence-electron chi connectivity index (χ4n) is 4.04. The second-order valence-electron chi connectivity index (χ2n) is 6.71. The molecule has 0 unspecified atom stereocenters. The Bertz CT molecular complexity index is 657. The van der Waals surface area contributed by atoms with Crippen LogP contribution in [0.5, 0.6) is 0 Å². The first-order valence-corrected chi connectivity index (χ1v) is 8.90. The molecule has 0 N–H and O–H groups in total. The monoisotopic (exact) mass is 346 g/mol.